The zero-order valence-corrected chi connectivity index (χ0v) is 46.4. The number of alkyl halides is 10. The Morgan fingerprint density at radius 2 is 0.817 bits per heavy atom. The van der Waals surface area contributed by atoms with Crippen LogP contribution in [0.15, 0.2) is 79.1 Å². The molecule has 82 heavy (non-hydrogen) atoms. The number of fused-ring (bicyclic) bond motifs is 3. The molecule has 34 heteroatoms. The van der Waals surface area contributed by atoms with Crippen molar-refractivity contribution in [1.29, 1.82) is 0 Å². The average molecular weight is 1240 g/mol. The zero-order valence-electron chi connectivity index (χ0n) is 44.8. The fourth-order valence-electron chi connectivity index (χ4n) is 8.28. The molecule has 0 aliphatic carbocycles. The number of rotatable bonds is 17. The van der Waals surface area contributed by atoms with E-state index >= 15 is 0 Å². The van der Waals surface area contributed by atoms with Gasteiger partial charge in [0.2, 0.25) is 0 Å². The molecule has 9 aromatic rings. The molecule has 9 aromatic heterocycles. The maximum absolute atomic E-state index is 12.7. The molecule has 446 valence electrons. The van der Waals surface area contributed by atoms with Gasteiger partial charge in [0.05, 0.1) is 52.2 Å². The molecule has 0 radical (unpaired) electrons. The summed E-state index contributed by atoms with van der Waals surface area (Å²) < 4.78 is 135. The summed E-state index contributed by atoms with van der Waals surface area (Å²) in [5, 5.41) is 23.1. The molecule has 0 fully saturated rings. The van der Waals surface area contributed by atoms with Crippen molar-refractivity contribution in [2.45, 2.75) is 130 Å². The third-order valence-corrected chi connectivity index (χ3v) is 12.7. The Morgan fingerprint density at radius 1 is 0.488 bits per heavy atom. The van der Waals surface area contributed by atoms with Gasteiger partial charge in [0, 0.05) is 77.0 Å². The van der Waals surface area contributed by atoms with Crippen LogP contribution in [0.2, 0.25) is 0 Å². The first-order chi connectivity index (χ1) is 38.5. The summed E-state index contributed by atoms with van der Waals surface area (Å²) in [6.07, 6.45) is -3.53. The number of aromatic nitrogens is 15. The van der Waals surface area contributed by atoms with Crippen molar-refractivity contribution in [1.82, 2.24) is 72.6 Å². The van der Waals surface area contributed by atoms with Crippen molar-refractivity contribution in [3.63, 3.8) is 0 Å². The fourth-order valence-corrected chi connectivity index (χ4v) is 8.68. The van der Waals surface area contributed by atoms with E-state index in [9.17, 15) is 68.3 Å². The Kier molecular flexibility index (Phi) is 20.5. The third kappa shape index (κ3) is 16.5. The van der Waals surface area contributed by atoms with E-state index in [1.165, 1.54) is 34.0 Å². The Hall–Kier alpha value is -8.07. The van der Waals surface area contributed by atoms with Gasteiger partial charge in [0.25, 0.3) is 16.7 Å². The second kappa shape index (κ2) is 26.7. The van der Waals surface area contributed by atoms with Crippen molar-refractivity contribution < 1.29 is 53.1 Å². The molecule has 0 saturated carbocycles. The van der Waals surface area contributed by atoms with Crippen molar-refractivity contribution in [2.75, 3.05) is 5.33 Å². The smallest absolute Gasteiger partial charge is 0.361 e. The lowest BCUT2D eigenvalue weighted by Crippen LogP contribution is -2.40. The number of hydrogen-bond acceptors (Lipinski definition) is 15. The first kappa shape index (κ1) is 63.1. The van der Waals surface area contributed by atoms with Crippen LogP contribution in [0.5, 0.6) is 0 Å². The Bertz CT molecular complexity index is 3820. The number of nitrogens with one attached hydrogen (secondary N) is 1. The van der Waals surface area contributed by atoms with E-state index in [1.54, 1.807) is 26.0 Å². The molecule has 0 aliphatic heterocycles. The van der Waals surface area contributed by atoms with Crippen LogP contribution in [-0.4, -0.2) is 96.5 Å². The van der Waals surface area contributed by atoms with Gasteiger partial charge in [0.1, 0.15) is 36.9 Å². The average Bonchev–Trinajstić information content (AvgIpc) is 4.42. The summed E-state index contributed by atoms with van der Waals surface area (Å²) in [7, 11) is 4.13. The maximum atomic E-state index is 12.7. The molecule has 1 N–H and O–H groups in total. The van der Waals surface area contributed by atoms with Crippen molar-refractivity contribution >= 4 is 49.0 Å². The van der Waals surface area contributed by atoms with Crippen LogP contribution in [0.25, 0.3) is 33.1 Å². The molecule has 0 aromatic carbocycles. The van der Waals surface area contributed by atoms with Crippen LogP contribution < -0.4 is 33.7 Å². The van der Waals surface area contributed by atoms with Gasteiger partial charge < -0.3 is 13.6 Å². The first-order valence-corrected chi connectivity index (χ1v) is 26.1. The van der Waals surface area contributed by atoms with Gasteiger partial charge in [-0.25, -0.2) is 28.4 Å². The molecule has 24 nitrogen and oxygen atoms in total. The second-order valence-corrected chi connectivity index (χ2v) is 19.5. The Balaban J connectivity index is 0.000000185. The van der Waals surface area contributed by atoms with Crippen LogP contribution in [0.3, 0.4) is 0 Å². The van der Waals surface area contributed by atoms with Crippen molar-refractivity contribution in [3.8, 4) is 0 Å². The number of H-pyrrole nitrogens is 1. The molecule has 0 bridgehead atoms. The lowest BCUT2D eigenvalue weighted by molar-refractivity contribution is -0.142. The largest absolute Gasteiger partial charge is 0.408 e. The minimum absolute atomic E-state index is 0.0583. The van der Waals surface area contributed by atoms with Crippen LogP contribution >= 0.6 is 15.9 Å². The fraction of sp³-hybridized carbons (Fsp3) is 0.500. The third-order valence-electron chi connectivity index (χ3n) is 12.1. The molecule has 0 unspecified atom stereocenters. The monoisotopic (exact) mass is 1240 g/mol. The predicted molar refractivity (Wildman–Crippen MR) is 279 cm³/mol. The molecule has 0 saturated heterocycles. The molecular formula is C48H55BrF9N15O9. The summed E-state index contributed by atoms with van der Waals surface area (Å²) in [5.41, 5.74) is -2.35. The highest BCUT2D eigenvalue weighted by Crippen LogP contribution is 2.22. The van der Waals surface area contributed by atoms with Crippen molar-refractivity contribution in [3.05, 3.63) is 134 Å². The molecule has 0 aliphatic rings. The first-order valence-electron chi connectivity index (χ1n) is 24.9. The van der Waals surface area contributed by atoms with Gasteiger partial charge in [-0.15, -0.1) is 0 Å². The highest BCUT2D eigenvalue weighted by molar-refractivity contribution is 9.09. The summed E-state index contributed by atoms with van der Waals surface area (Å²) in [5.74, 6) is 2.40. The number of nitrogens with zero attached hydrogens (tertiary/aromatic N) is 14. The van der Waals surface area contributed by atoms with Crippen LogP contribution in [0, 0.1) is 20.8 Å². The highest BCUT2D eigenvalue weighted by atomic mass is 79.9. The molecule has 9 rings (SSSR count). The summed E-state index contributed by atoms with van der Waals surface area (Å²) in [6.45, 7) is 1.56. The number of aromatic amines is 1. The van der Waals surface area contributed by atoms with Crippen LogP contribution in [0.1, 0.15) is 72.9 Å². The lowest BCUT2D eigenvalue weighted by atomic mass is 10.2. The van der Waals surface area contributed by atoms with Gasteiger partial charge in [0.15, 0.2) is 16.6 Å². The highest BCUT2D eigenvalue weighted by Gasteiger charge is 2.33. The van der Waals surface area contributed by atoms with E-state index in [0.717, 1.165) is 76.0 Å². The van der Waals surface area contributed by atoms with E-state index in [1.807, 2.05) is 18.0 Å². The lowest BCUT2D eigenvalue weighted by Gasteiger charge is -2.11. The number of aryl methyl sites for hydroxylation is 9. The van der Waals surface area contributed by atoms with E-state index in [-0.39, 0.29) is 46.2 Å². The normalized spacial score (nSPS) is 12.0. The SMILES string of the molecule is Cc1cc(CCCCBr)on1.Cc1cc(CCCCn2c(=O)c3c(cnn3CC(F)(F)F)n(C)c2=O)on1.Cc1cc(CCCCn2c(=O)c3c(cnn3CC(F)(F)F)n(C)c2=O)on1.Cn1c(=O)[nH]c(=O)c2c1cnn2CC(F)(F)F. The molecule has 9 heterocycles. The quantitative estimate of drug-likeness (QED) is 0.0600. The summed E-state index contributed by atoms with van der Waals surface area (Å²) in [6, 6.07) is 5.59. The van der Waals surface area contributed by atoms with Crippen LogP contribution in [-0.2, 0) is 73.1 Å². The molecular weight excluding hydrogens is 1180 g/mol. The standard InChI is InChI=1S/2C16H18F3N5O3.C8H12BrNO.C8H7F3N4O2/c2*1-10-7-11(27-21-10)5-3-4-6-23-14(25)13-12(22(2)15(23)26)8-20-24(13)9-16(17,18)19;1-7-6-8(11-10-7)4-2-3-5-9;1-14-4-2-12-15(3-8(9,10)11)5(4)6(16)13-7(14)17/h2*7-8H,3-6,9H2,1-2H3;6H,2-5H2,1H3;2H,3H2,1H3,(H,13,16,17). The molecule has 0 amide bonds. The van der Waals surface area contributed by atoms with Gasteiger partial charge in [-0.1, -0.05) is 31.4 Å². The zero-order chi connectivity index (χ0) is 60.4. The minimum Gasteiger partial charge on any atom is -0.361 e. The number of halogens is 10. The summed E-state index contributed by atoms with van der Waals surface area (Å²) >= 11 is 3.38. The van der Waals surface area contributed by atoms with Crippen LogP contribution in [0.4, 0.5) is 39.5 Å². The number of hydrogen-bond donors (Lipinski definition) is 1. The van der Waals surface area contributed by atoms with E-state index in [0.29, 0.717) is 64.1 Å². The van der Waals surface area contributed by atoms with E-state index in [2.05, 4.69) is 46.7 Å². The maximum Gasteiger partial charge on any atom is 0.408 e. The van der Waals surface area contributed by atoms with E-state index in [4.69, 9.17) is 13.6 Å². The van der Waals surface area contributed by atoms with Gasteiger partial charge in [-0.05, 0) is 59.3 Å². The van der Waals surface area contributed by atoms with Gasteiger partial charge in [-0.3, -0.25) is 42.2 Å². The number of unbranched alkanes of at least 4 members (excludes halogenated alkanes) is 3. The van der Waals surface area contributed by atoms with E-state index < -0.39 is 71.9 Å². The van der Waals surface area contributed by atoms with Gasteiger partial charge >= 0.3 is 35.6 Å². The Labute approximate surface area is 463 Å². The minimum atomic E-state index is -4.53. The Morgan fingerprint density at radius 3 is 1.13 bits per heavy atom. The van der Waals surface area contributed by atoms with Crippen molar-refractivity contribution in [2.24, 2.45) is 21.1 Å². The summed E-state index contributed by atoms with van der Waals surface area (Å²) in [4.78, 5) is 74.6. The predicted octanol–water partition coefficient (Wildman–Crippen LogP) is 6.24. The molecule has 0 atom stereocenters. The van der Waals surface area contributed by atoms with Gasteiger partial charge in [-0.2, -0.15) is 54.8 Å². The molecule has 0 spiro atoms. The second-order valence-electron chi connectivity index (χ2n) is 18.7. The topological polar surface area (TPSA) is 274 Å².